The molecule has 0 atom stereocenters. The molecule has 0 unspecified atom stereocenters. The minimum absolute atomic E-state index is 0.596. The first-order valence-corrected chi connectivity index (χ1v) is 6.52. The summed E-state index contributed by atoms with van der Waals surface area (Å²) < 4.78 is 0. The van der Waals surface area contributed by atoms with Crippen LogP contribution in [0.3, 0.4) is 0 Å². The molecule has 7 heteroatoms. The van der Waals surface area contributed by atoms with E-state index in [0.29, 0.717) is 18.2 Å². The van der Waals surface area contributed by atoms with Gasteiger partial charge in [0, 0.05) is 17.1 Å². The molecule has 0 bridgehead atoms. The molecule has 0 aliphatic rings. The van der Waals surface area contributed by atoms with Gasteiger partial charge in [-0.2, -0.15) is 0 Å². The molecule has 0 saturated carbocycles. The van der Waals surface area contributed by atoms with Gasteiger partial charge in [0.15, 0.2) is 0 Å². The maximum Gasteiger partial charge on any atom is 0.145 e. The lowest BCUT2D eigenvalue weighted by Crippen LogP contribution is -2.11. The van der Waals surface area contributed by atoms with Crippen molar-refractivity contribution >= 4 is 23.0 Å². The van der Waals surface area contributed by atoms with E-state index < -0.39 is 0 Å². The molecule has 2 rings (SSSR count). The van der Waals surface area contributed by atoms with E-state index in [9.17, 15) is 0 Å². The standard InChI is InChI=1S/C11H16N6S/c1-3-8-5-14-11(18-8)6-13-9-4-10(17-12)16-7(2)15-9/h4-5H,3,6,12H2,1-2H3,(H2,13,15,16,17). The van der Waals surface area contributed by atoms with Crippen molar-refractivity contribution in [3.8, 4) is 0 Å². The van der Waals surface area contributed by atoms with E-state index in [-0.39, 0.29) is 0 Å². The first-order chi connectivity index (χ1) is 8.71. The lowest BCUT2D eigenvalue weighted by molar-refractivity contribution is 1.01. The summed E-state index contributed by atoms with van der Waals surface area (Å²) in [5, 5.41) is 4.26. The summed E-state index contributed by atoms with van der Waals surface area (Å²) in [5.41, 5.74) is 2.52. The molecule has 0 amide bonds. The number of rotatable bonds is 5. The molecule has 6 nitrogen and oxygen atoms in total. The second-order valence-electron chi connectivity index (χ2n) is 3.76. The number of hydrazine groups is 1. The van der Waals surface area contributed by atoms with E-state index in [0.717, 1.165) is 17.2 Å². The van der Waals surface area contributed by atoms with Crippen molar-refractivity contribution < 1.29 is 0 Å². The number of nitrogen functional groups attached to an aromatic ring is 1. The highest BCUT2D eigenvalue weighted by atomic mass is 32.1. The first-order valence-electron chi connectivity index (χ1n) is 5.71. The zero-order valence-corrected chi connectivity index (χ0v) is 11.2. The minimum Gasteiger partial charge on any atom is -0.363 e. The van der Waals surface area contributed by atoms with Crippen LogP contribution in [0.25, 0.3) is 0 Å². The largest absolute Gasteiger partial charge is 0.363 e. The van der Waals surface area contributed by atoms with Gasteiger partial charge in [-0.15, -0.1) is 11.3 Å². The van der Waals surface area contributed by atoms with Crippen molar-refractivity contribution in [2.24, 2.45) is 5.84 Å². The smallest absolute Gasteiger partial charge is 0.145 e. The Balaban J connectivity index is 2.03. The van der Waals surface area contributed by atoms with Gasteiger partial charge < -0.3 is 10.7 Å². The van der Waals surface area contributed by atoms with Crippen molar-refractivity contribution in [1.82, 2.24) is 15.0 Å². The van der Waals surface area contributed by atoms with Gasteiger partial charge in [-0.3, -0.25) is 0 Å². The second kappa shape index (κ2) is 5.74. The topological polar surface area (TPSA) is 88.8 Å². The SMILES string of the molecule is CCc1cnc(CNc2cc(NN)nc(C)n2)s1. The van der Waals surface area contributed by atoms with Crippen molar-refractivity contribution in [2.75, 3.05) is 10.7 Å². The Morgan fingerprint density at radius 3 is 2.78 bits per heavy atom. The van der Waals surface area contributed by atoms with Crippen molar-refractivity contribution in [1.29, 1.82) is 0 Å². The zero-order valence-electron chi connectivity index (χ0n) is 10.4. The first kappa shape index (κ1) is 12.7. The molecule has 18 heavy (non-hydrogen) atoms. The maximum absolute atomic E-state index is 5.34. The number of nitrogens with one attached hydrogen (secondary N) is 2. The van der Waals surface area contributed by atoms with Crippen LogP contribution in [0.4, 0.5) is 11.6 Å². The molecule has 0 aliphatic carbocycles. The Morgan fingerprint density at radius 1 is 1.33 bits per heavy atom. The van der Waals surface area contributed by atoms with Crippen LogP contribution < -0.4 is 16.6 Å². The molecule has 2 aromatic heterocycles. The molecule has 0 aliphatic heterocycles. The van der Waals surface area contributed by atoms with E-state index in [1.165, 1.54) is 4.88 Å². The average Bonchev–Trinajstić information content (AvgIpc) is 2.83. The predicted molar refractivity (Wildman–Crippen MR) is 73.4 cm³/mol. The summed E-state index contributed by atoms with van der Waals surface area (Å²) in [5.74, 6) is 7.34. The zero-order chi connectivity index (χ0) is 13.0. The molecule has 0 spiro atoms. The van der Waals surface area contributed by atoms with E-state index in [2.05, 4.69) is 32.6 Å². The Kier molecular flexibility index (Phi) is 4.06. The van der Waals surface area contributed by atoms with E-state index in [1.807, 2.05) is 13.1 Å². The third kappa shape index (κ3) is 3.14. The fraction of sp³-hybridized carbons (Fsp3) is 0.364. The number of nitrogens with two attached hydrogens (primary N) is 1. The Labute approximate surface area is 110 Å². The van der Waals surface area contributed by atoms with Gasteiger partial charge >= 0.3 is 0 Å². The summed E-state index contributed by atoms with van der Waals surface area (Å²) in [6.45, 7) is 4.60. The quantitative estimate of drug-likeness (QED) is 0.562. The van der Waals surface area contributed by atoms with Gasteiger partial charge in [-0.25, -0.2) is 20.8 Å². The van der Waals surface area contributed by atoms with Crippen LogP contribution in [-0.2, 0) is 13.0 Å². The van der Waals surface area contributed by atoms with Crippen LogP contribution in [-0.4, -0.2) is 15.0 Å². The van der Waals surface area contributed by atoms with Crippen LogP contribution in [0.5, 0.6) is 0 Å². The third-order valence-electron chi connectivity index (χ3n) is 2.36. The minimum atomic E-state index is 0.596. The number of thiazole rings is 1. The lowest BCUT2D eigenvalue weighted by Gasteiger charge is -2.06. The van der Waals surface area contributed by atoms with Gasteiger partial charge in [0.2, 0.25) is 0 Å². The van der Waals surface area contributed by atoms with Gasteiger partial charge in [0.1, 0.15) is 22.5 Å². The molecule has 0 aromatic carbocycles. The van der Waals surface area contributed by atoms with Crippen LogP contribution in [0.1, 0.15) is 22.6 Å². The summed E-state index contributed by atoms with van der Waals surface area (Å²) >= 11 is 1.71. The molecule has 0 radical (unpaired) electrons. The highest BCUT2D eigenvalue weighted by molar-refractivity contribution is 7.11. The molecule has 96 valence electrons. The number of hydrogen-bond donors (Lipinski definition) is 3. The Hall–Kier alpha value is -1.73. The normalized spacial score (nSPS) is 10.4. The highest BCUT2D eigenvalue weighted by Gasteiger charge is 2.03. The summed E-state index contributed by atoms with van der Waals surface area (Å²) in [6.07, 6.45) is 2.94. The molecule has 0 fully saturated rings. The maximum atomic E-state index is 5.34. The second-order valence-corrected chi connectivity index (χ2v) is 4.96. The molecular weight excluding hydrogens is 248 g/mol. The molecule has 4 N–H and O–H groups in total. The number of anilines is 2. The van der Waals surface area contributed by atoms with Gasteiger partial charge in [0.05, 0.1) is 6.54 Å². The van der Waals surface area contributed by atoms with Gasteiger partial charge in [0.25, 0.3) is 0 Å². The number of aromatic nitrogens is 3. The number of hydrogen-bond acceptors (Lipinski definition) is 7. The summed E-state index contributed by atoms with van der Waals surface area (Å²) in [7, 11) is 0. The van der Waals surface area contributed by atoms with E-state index in [1.54, 1.807) is 17.4 Å². The summed E-state index contributed by atoms with van der Waals surface area (Å²) in [4.78, 5) is 14.0. The van der Waals surface area contributed by atoms with E-state index >= 15 is 0 Å². The highest BCUT2D eigenvalue weighted by Crippen LogP contribution is 2.16. The van der Waals surface area contributed by atoms with Crippen LogP contribution in [0.15, 0.2) is 12.3 Å². The lowest BCUT2D eigenvalue weighted by atomic mass is 10.4. The average molecular weight is 264 g/mol. The molecule has 2 aromatic rings. The van der Waals surface area contributed by atoms with Gasteiger partial charge in [-0.05, 0) is 13.3 Å². The fourth-order valence-electron chi connectivity index (χ4n) is 1.49. The van der Waals surface area contributed by atoms with Crippen molar-refractivity contribution in [3.05, 3.63) is 28.0 Å². The molecule has 2 heterocycles. The number of aryl methyl sites for hydroxylation is 2. The third-order valence-corrected chi connectivity index (χ3v) is 3.50. The Morgan fingerprint density at radius 2 is 2.11 bits per heavy atom. The van der Waals surface area contributed by atoms with Gasteiger partial charge in [-0.1, -0.05) is 6.92 Å². The predicted octanol–water partition coefficient (Wildman–Crippen LogP) is 1.70. The fourth-order valence-corrected chi connectivity index (χ4v) is 2.29. The monoisotopic (exact) mass is 264 g/mol. The van der Waals surface area contributed by atoms with Crippen molar-refractivity contribution in [3.63, 3.8) is 0 Å². The van der Waals surface area contributed by atoms with E-state index in [4.69, 9.17) is 5.84 Å². The summed E-state index contributed by atoms with van der Waals surface area (Å²) in [6, 6.07) is 1.77. The molecular formula is C11H16N6S. The Bertz CT molecular complexity index is 524. The molecule has 0 saturated heterocycles. The number of nitrogens with zero attached hydrogens (tertiary/aromatic N) is 3. The van der Waals surface area contributed by atoms with Crippen LogP contribution in [0, 0.1) is 6.92 Å². The van der Waals surface area contributed by atoms with Crippen molar-refractivity contribution in [2.45, 2.75) is 26.8 Å². The van der Waals surface area contributed by atoms with Crippen LogP contribution in [0.2, 0.25) is 0 Å². The van der Waals surface area contributed by atoms with Crippen LogP contribution >= 0.6 is 11.3 Å².